The second-order valence-corrected chi connectivity index (χ2v) is 8.59. The van der Waals surface area contributed by atoms with Crippen molar-refractivity contribution in [2.45, 2.75) is 6.92 Å². The number of rotatable bonds is 4. The molecule has 4 rings (SSSR count). The molecule has 0 aliphatic rings. The van der Waals surface area contributed by atoms with Gasteiger partial charge in [0.1, 0.15) is 5.69 Å². The largest absolute Gasteiger partial charge is 0.328 e. The van der Waals surface area contributed by atoms with Crippen LogP contribution in [0.5, 0.6) is 0 Å². The number of hydrogen-bond donors (Lipinski definition) is 3. The summed E-state index contributed by atoms with van der Waals surface area (Å²) in [6, 6.07) is 20.8. The van der Waals surface area contributed by atoms with Gasteiger partial charge in [-0.15, -0.1) is 0 Å². The highest BCUT2D eigenvalue weighted by atomic mass is 79.9. The molecule has 0 saturated heterocycles. The number of nitrogens with one attached hydrogen (secondary N) is 3. The van der Waals surface area contributed by atoms with Gasteiger partial charge in [-0.25, -0.2) is 4.68 Å². The Kier molecular flexibility index (Phi) is 6.48. The van der Waals surface area contributed by atoms with Gasteiger partial charge in [0.25, 0.3) is 5.91 Å². The lowest BCUT2D eigenvalue weighted by Gasteiger charge is -2.13. The Balaban J connectivity index is 1.63. The number of carbonyl (C=O) groups is 3. The van der Waals surface area contributed by atoms with E-state index in [1.165, 1.54) is 4.68 Å². The molecule has 1 aromatic heterocycles. The molecule has 1 heterocycles. The van der Waals surface area contributed by atoms with Crippen LogP contribution in [-0.4, -0.2) is 22.4 Å². The maximum atomic E-state index is 13.1. The molecule has 0 saturated carbocycles. The number of aryl methyl sites for hydroxylation is 1. The van der Waals surface area contributed by atoms with E-state index in [9.17, 15) is 14.4 Å². The van der Waals surface area contributed by atoms with Crippen LogP contribution in [-0.2, 0) is 9.59 Å². The number of aromatic nitrogens is 1. The zero-order valence-electron chi connectivity index (χ0n) is 17.4. The fraction of sp³-hybridized carbons (Fsp3) is 0.0417. The smallest absolute Gasteiger partial charge is 0.319 e. The third-order valence-electron chi connectivity index (χ3n) is 4.85. The number of carbonyl (C=O) groups excluding carboxylic acids is 3. The molecule has 7 nitrogen and oxygen atoms in total. The number of halogens is 2. The molecular weight excluding hydrogens is 508 g/mol. The van der Waals surface area contributed by atoms with E-state index in [-0.39, 0.29) is 5.69 Å². The summed E-state index contributed by atoms with van der Waals surface area (Å²) in [6.07, 6.45) is 0. The standard InChI is InChI=1S/C24H18BrClN4O3/c1-14-6-9-17(10-7-14)27-23(32)24(33)29-30-20-11-8-16(25)12-15(20)13-21(30)22(31)28-19-5-3-2-4-18(19)26/h2-13H,1H3,(H,27,32)(H,28,31)(H,29,33). The number of fused-ring (bicyclic) bond motifs is 1. The molecular formula is C24H18BrClN4O3. The fourth-order valence-corrected chi connectivity index (χ4v) is 3.76. The van der Waals surface area contributed by atoms with Gasteiger partial charge in [-0.3, -0.25) is 19.8 Å². The minimum absolute atomic E-state index is 0.125. The second kappa shape index (κ2) is 9.48. The fourth-order valence-electron chi connectivity index (χ4n) is 3.20. The molecule has 0 atom stereocenters. The van der Waals surface area contributed by atoms with E-state index in [0.29, 0.717) is 27.3 Å². The van der Waals surface area contributed by atoms with Crippen LogP contribution in [0.2, 0.25) is 5.02 Å². The summed E-state index contributed by atoms with van der Waals surface area (Å²) >= 11 is 9.56. The predicted octanol–water partition coefficient (Wildman–Crippen LogP) is 5.33. The molecule has 0 aliphatic carbocycles. The Morgan fingerprint density at radius 2 is 1.61 bits per heavy atom. The summed E-state index contributed by atoms with van der Waals surface area (Å²) in [5.74, 6) is -2.30. The molecule has 0 radical (unpaired) electrons. The van der Waals surface area contributed by atoms with Crippen molar-refractivity contribution in [1.82, 2.24) is 4.68 Å². The Morgan fingerprint density at radius 1 is 0.879 bits per heavy atom. The second-order valence-electron chi connectivity index (χ2n) is 7.26. The normalized spacial score (nSPS) is 10.6. The number of hydrogen-bond acceptors (Lipinski definition) is 3. The number of benzene rings is 3. The molecule has 9 heteroatoms. The predicted molar refractivity (Wildman–Crippen MR) is 133 cm³/mol. The van der Waals surface area contributed by atoms with Gasteiger partial charge in [0.15, 0.2) is 0 Å². The van der Waals surface area contributed by atoms with E-state index in [4.69, 9.17) is 11.6 Å². The van der Waals surface area contributed by atoms with Crippen LogP contribution in [0.3, 0.4) is 0 Å². The van der Waals surface area contributed by atoms with Gasteiger partial charge in [0.2, 0.25) is 0 Å². The topological polar surface area (TPSA) is 92.2 Å². The lowest BCUT2D eigenvalue weighted by molar-refractivity contribution is -0.133. The van der Waals surface area contributed by atoms with Crippen LogP contribution in [0, 0.1) is 6.92 Å². The first kappa shape index (κ1) is 22.6. The molecule has 0 spiro atoms. The van der Waals surface area contributed by atoms with Crippen molar-refractivity contribution in [2.75, 3.05) is 16.1 Å². The summed E-state index contributed by atoms with van der Waals surface area (Å²) in [4.78, 5) is 38.2. The van der Waals surface area contributed by atoms with E-state index < -0.39 is 17.7 Å². The van der Waals surface area contributed by atoms with Gasteiger partial charge >= 0.3 is 11.8 Å². The lowest BCUT2D eigenvalue weighted by atomic mass is 10.2. The lowest BCUT2D eigenvalue weighted by Crippen LogP contribution is -2.36. The summed E-state index contributed by atoms with van der Waals surface area (Å²) < 4.78 is 2.08. The average molecular weight is 526 g/mol. The zero-order chi connectivity index (χ0) is 23.5. The van der Waals surface area contributed by atoms with Gasteiger partial charge in [0.05, 0.1) is 16.2 Å². The highest BCUT2D eigenvalue weighted by Crippen LogP contribution is 2.25. The highest BCUT2D eigenvalue weighted by molar-refractivity contribution is 9.10. The van der Waals surface area contributed by atoms with Crippen LogP contribution in [0.25, 0.3) is 10.9 Å². The average Bonchev–Trinajstić information content (AvgIpc) is 3.14. The zero-order valence-corrected chi connectivity index (χ0v) is 19.7. The Hall–Kier alpha value is -3.62. The summed E-state index contributed by atoms with van der Waals surface area (Å²) in [5.41, 5.74) is 5.12. The van der Waals surface area contributed by atoms with E-state index in [2.05, 4.69) is 32.0 Å². The number of amides is 3. The summed E-state index contributed by atoms with van der Waals surface area (Å²) in [7, 11) is 0. The Morgan fingerprint density at radius 3 is 2.33 bits per heavy atom. The van der Waals surface area contributed by atoms with Gasteiger partial charge in [-0.1, -0.05) is 57.4 Å². The van der Waals surface area contributed by atoms with Gasteiger partial charge in [-0.05, 0) is 55.5 Å². The molecule has 0 unspecified atom stereocenters. The van der Waals surface area contributed by atoms with E-state index in [0.717, 1.165) is 10.0 Å². The van der Waals surface area contributed by atoms with E-state index in [1.54, 1.807) is 60.7 Å². The first-order valence-corrected chi connectivity index (χ1v) is 11.0. The van der Waals surface area contributed by atoms with Crippen molar-refractivity contribution < 1.29 is 14.4 Å². The monoisotopic (exact) mass is 524 g/mol. The van der Waals surface area contributed by atoms with Crippen molar-refractivity contribution in [3.05, 3.63) is 93.5 Å². The summed E-state index contributed by atoms with van der Waals surface area (Å²) in [6.45, 7) is 1.92. The minimum Gasteiger partial charge on any atom is -0.319 e. The molecule has 0 fully saturated rings. The highest BCUT2D eigenvalue weighted by Gasteiger charge is 2.21. The minimum atomic E-state index is -0.928. The van der Waals surface area contributed by atoms with Crippen LogP contribution < -0.4 is 16.1 Å². The molecule has 33 heavy (non-hydrogen) atoms. The van der Waals surface area contributed by atoms with Crippen molar-refractivity contribution in [1.29, 1.82) is 0 Å². The number of nitrogens with zero attached hydrogens (tertiary/aromatic N) is 1. The van der Waals surface area contributed by atoms with Crippen molar-refractivity contribution in [3.63, 3.8) is 0 Å². The van der Waals surface area contributed by atoms with E-state index in [1.807, 2.05) is 19.1 Å². The molecule has 3 aromatic carbocycles. The first-order valence-electron chi connectivity index (χ1n) is 9.88. The van der Waals surface area contributed by atoms with Crippen molar-refractivity contribution in [3.8, 4) is 0 Å². The number of anilines is 2. The van der Waals surface area contributed by atoms with Gasteiger partial charge < -0.3 is 10.6 Å². The summed E-state index contributed by atoms with van der Waals surface area (Å²) in [5, 5.41) is 6.34. The van der Waals surface area contributed by atoms with Crippen LogP contribution in [0.4, 0.5) is 11.4 Å². The Labute approximate surface area is 202 Å². The third-order valence-corrected chi connectivity index (χ3v) is 5.67. The van der Waals surface area contributed by atoms with E-state index >= 15 is 0 Å². The molecule has 0 aliphatic heterocycles. The quantitative estimate of drug-likeness (QED) is 0.315. The molecule has 166 valence electrons. The first-order chi connectivity index (χ1) is 15.8. The van der Waals surface area contributed by atoms with Crippen LogP contribution in [0.1, 0.15) is 16.1 Å². The molecule has 3 amide bonds. The van der Waals surface area contributed by atoms with Crippen LogP contribution >= 0.6 is 27.5 Å². The van der Waals surface area contributed by atoms with Gasteiger partial charge in [0, 0.05) is 15.5 Å². The Bertz CT molecular complexity index is 1380. The van der Waals surface area contributed by atoms with Crippen molar-refractivity contribution in [2.24, 2.45) is 0 Å². The number of para-hydroxylation sites is 1. The molecule has 0 bridgehead atoms. The molecule has 3 N–H and O–H groups in total. The SMILES string of the molecule is Cc1ccc(NC(=O)C(=O)Nn2c(C(=O)Nc3ccccc3Cl)cc3cc(Br)ccc32)cc1. The maximum Gasteiger partial charge on any atom is 0.328 e. The van der Waals surface area contributed by atoms with Crippen LogP contribution in [0.15, 0.2) is 77.3 Å². The van der Waals surface area contributed by atoms with Gasteiger partial charge in [-0.2, -0.15) is 0 Å². The third kappa shape index (κ3) is 5.08. The maximum absolute atomic E-state index is 13.1. The van der Waals surface area contributed by atoms with Crippen molar-refractivity contribution >= 4 is 67.5 Å². The molecule has 4 aromatic rings.